The van der Waals surface area contributed by atoms with Gasteiger partial charge in [0.15, 0.2) is 0 Å². The molecule has 1 aromatic heterocycles. The van der Waals surface area contributed by atoms with Crippen molar-refractivity contribution >= 4 is 28.6 Å². The number of carbonyl (C=O) groups excluding carboxylic acids is 1. The highest BCUT2D eigenvalue weighted by Crippen LogP contribution is 2.20. The molecule has 0 fully saturated rings. The van der Waals surface area contributed by atoms with Crippen molar-refractivity contribution < 1.29 is 4.79 Å². The molecule has 4 nitrogen and oxygen atoms in total. The summed E-state index contributed by atoms with van der Waals surface area (Å²) in [6.45, 7) is 3.31. The minimum Gasteiger partial charge on any atom is -0.397 e. The topological polar surface area (TPSA) is 67.2 Å². The molecule has 4 N–H and O–H groups in total. The van der Waals surface area contributed by atoms with E-state index < -0.39 is 0 Å². The van der Waals surface area contributed by atoms with Gasteiger partial charge in [-0.3, -0.25) is 4.79 Å². The van der Waals surface area contributed by atoms with Crippen LogP contribution in [0.15, 0.2) is 35.7 Å². The molecule has 0 unspecified atom stereocenters. The van der Waals surface area contributed by atoms with E-state index in [1.807, 2.05) is 13.0 Å². The normalized spacial score (nSPS) is 10.2. The van der Waals surface area contributed by atoms with Gasteiger partial charge in [0.2, 0.25) is 0 Å². The van der Waals surface area contributed by atoms with Crippen LogP contribution in [0.5, 0.6) is 0 Å². The average Bonchev–Trinajstić information content (AvgIpc) is 2.94. The molecule has 106 valence electrons. The summed E-state index contributed by atoms with van der Waals surface area (Å²) in [7, 11) is 0. The van der Waals surface area contributed by atoms with Crippen molar-refractivity contribution in [1.29, 1.82) is 0 Å². The zero-order chi connectivity index (χ0) is 14.4. The highest BCUT2D eigenvalue weighted by atomic mass is 32.1. The maximum atomic E-state index is 11.8. The summed E-state index contributed by atoms with van der Waals surface area (Å²) in [5.74, 6) is -0.0752. The number of rotatable bonds is 6. The number of nitrogens with two attached hydrogens (primary N) is 1. The van der Waals surface area contributed by atoms with E-state index in [0.29, 0.717) is 17.8 Å². The predicted octanol–water partition coefficient (Wildman–Crippen LogP) is 2.73. The van der Waals surface area contributed by atoms with E-state index in [2.05, 4.69) is 22.1 Å². The van der Waals surface area contributed by atoms with Crippen molar-refractivity contribution in [2.75, 3.05) is 24.1 Å². The Morgan fingerprint density at radius 2 is 2.20 bits per heavy atom. The Hall–Kier alpha value is -2.01. The lowest BCUT2D eigenvalue weighted by Gasteiger charge is -2.11. The summed E-state index contributed by atoms with van der Waals surface area (Å²) >= 11 is 1.74. The third-order valence-electron chi connectivity index (χ3n) is 2.92. The number of hydrogen-bond donors (Lipinski definition) is 3. The van der Waals surface area contributed by atoms with Crippen LogP contribution in [-0.2, 0) is 6.42 Å². The fraction of sp³-hybridized carbons (Fsp3) is 0.267. The molecular formula is C15H19N3OS. The monoisotopic (exact) mass is 289 g/mol. The maximum absolute atomic E-state index is 11.8. The Morgan fingerprint density at radius 3 is 2.90 bits per heavy atom. The van der Waals surface area contributed by atoms with Gasteiger partial charge in [-0.1, -0.05) is 6.07 Å². The van der Waals surface area contributed by atoms with Crippen molar-refractivity contribution in [3.8, 4) is 0 Å². The van der Waals surface area contributed by atoms with Gasteiger partial charge in [-0.2, -0.15) is 0 Å². The van der Waals surface area contributed by atoms with E-state index in [1.54, 1.807) is 29.5 Å². The van der Waals surface area contributed by atoms with Gasteiger partial charge in [-0.25, -0.2) is 0 Å². The van der Waals surface area contributed by atoms with Gasteiger partial charge < -0.3 is 16.4 Å². The predicted molar refractivity (Wildman–Crippen MR) is 85.4 cm³/mol. The summed E-state index contributed by atoms with van der Waals surface area (Å²) in [5, 5.41) is 8.14. The van der Waals surface area contributed by atoms with E-state index in [1.165, 1.54) is 4.88 Å². The van der Waals surface area contributed by atoms with Gasteiger partial charge in [0, 0.05) is 23.5 Å². The lowest BCUT2D eigenvalue weighted by atomic mass is 10.1. The molecule has 2 rings (SSSR count). The summed E-state index contributed by atoms with van der Waals surface area (Å²) < 4.78 is 0. The molecule has 0 bridgehead atoms. The molecule has 0 saturated heterocycles. The number of thiophene rings is 1. The second kappa shape index (κ2) is 6.96. The van der Waals surface area contributed by atoms with E-state index in [0.717, 1.165) is 18.7 Å². The molecular weight excluding hydrogens is 270 g/mol. The third kappa shape index (κ3) is 3.74. The van der Waals surface area contributed by atoms with Crippen molar-refractivity contribution in [3.63, 3.8) is 0 Å². The number of anilines is 2. The van der Waals surface area contributed by atoms with Crippen LogP contribution in [0.3, 0.4) is 0 Å². The lowest BCUT2D eigenvalue weighted by molar-refractivity contribution is 0.0956. The highest BCUT2D eigenvalue weighted by Gasteiger charge is 2.07. The first-order valence-corrected chi connectivity index (χ1v) is 7.52. The number of nitrogens with one attached hydrogen (secondary N) is 2. The van der Waals surface area contributed by atoms with Crippen LogP contribution in [-0.4, -0.2) is 19.0 Å². The SMILES string of the molecule is CCNC(=O)c1ccc(N)c(NCCc2cccs2)c1. The van der Waals surface area contributed by atoms with E-state index in [9.17, 15) is 4.79 Å². The molecule has 0 atom stereocenters. The maximum Gasteiger partial charge on any atom is 0.251 e. The summed E-state index contributed by atoms with van der Waals surface area (Å²) in [5.41, 5.74) is 8.02. The minimum atomic E-state index is -0.0752. The molecule has 1 aromatic carbocycles. The van der Waals surface area contributed by atoms with Crippen LogP contribution in [0.25, 0.3) is 0 Å². The fourth-order valence-corrected chi connectivity index (χ4v) is 2.60. The summed E-state index contributed by atoms with van der Waals surface area (Å²) in [6.07, 6.45) is 0.947. The molecule has 1 heterocycles. The van der Waals surface area contributed by atoms with Crippen molar-refractivity contribution in [3.05, 3.63) is 46.2 Å². The van der Waals surface area contributed by atoms with Crippen LogP contribution in [0.4, 0.5) is 11.4 Å². The zero-order valence-corrected chi connectivity index (χ0v) is 12.3. The molecule has 0 aliphatic rings. The first-order chi connectivity index (χ1) is 9.70. The van der Waals surface area contributed by atoms with Crippen LogP contribution in [0.1, 0.15) is 22.2 Å². The molecule has 1 amide bonds. The van der Waals surface area contributed by atoms with Crippen LogP contribution in [0, 0.1) is 0 Å². The first-order valence-electron chi connectivity index (χ1n) is 6.64. The fourth-order valence-electron chi connectivity index (χ4n) is 1.89. The molecule has 0 aliphatic carbocycles. The highest BCUT2D eigenvalue weighted by molar-refractivity contribution is 7.09. The molecule has 0 spiro atoms. The Balaban J connectivity index is 1.99. The van der Waals surface area contributed by atoms with Crippen molar-refractivity contribution in [2.24, 2.45) is 0 Å². The molecule has 0 saturated carbocycles. The lowest BCUT2D eigenvalue weighted by Crippen LogP contribution is -2.22. The molecule has 0 aliphatic heterocycles. The van der Waals surface area contributed by atoms with Crippen LogP contribution in [0.2, 0.25) is 0 Å². The number of hydrogen-bond acceptors (Lipinski definition) is 4. The van der Waals surface area contributed by atoms with Gasteiger partial charge in [-0.05, 0) is 43.0 Å². The Bertz CT molecular complexity index is 567. The van der Waals surface area contributed by atoms with Gasteiger partial charge in [0.1, 0.15) is 0 Å². The second-order valence-electron chi connectivity index (χ2n) is 4.42. The Morgan fingerprint density at radius 1 is 1.35 bits per heavy atom. The Labute approximate surface area is 123 Å². The van der Waals surface area contributed by atoms with E-state index in [4.69, 9.17) is 5.73 Å². The van der Waals surface area contributed by atoms with E-state index >= 15 is 0 Å². The van der Waals surface area contributed by atoms with Gasteiger partial charge in [0.05, 0.1) is 11.4 Å². The molecule has 2 aromatic rings. The third-order valence-corrected chi connectivity index (χ3v) is 3.86. The van der Waals surface area contributed by atoms with Gasteiger partial charge in [0.25, 0.3) is 5.91 Å². The first kappa shape index (κ1) is 14.4. The average molecular weight is 289 g/mol. The number of benzene rings is 1. The standard InChI is InChI=1S/C15H19N3OS/c1-2-17-15(19)11-5-6-13(16)14(10-11)18-8-7-12-4-3-9-20-12/h3-6,9-10,18H,2,7-8,16H2,1H3,(H,17,19). The van der Waals surface area contributed by atoms with Crippen LogP contribution < -0.4 is 16.4 Å². The molecule has 0 radical (unpaired) electrons. The summed E-state index contributed by atoms with van der Waals surface area (Å²) in [4.78, 5) is 13.1. The molecule has 20 heavy (non-hydrogen) atoms. The molecule has 5 heteroatoms. The second-order valence-corrected chi connectivity index (χ2v) is 5.45. The number of amides is 1. The zero-order valence-electron chi connectivity index (χ0n) is 11.5. The van der Waals surface area contributed by atoms with E-state index in [-0.39, 0.29) is 5.91 Å². The Kier molecular flexibility index (Phi) is 5.01. The van der Waals surface area contributed by atoms with Crippen molar-refractivity contribution in [2.45, 2.75) is 13.3 Å². The summed E-state index contributed by atoms with van der Waals surface area (Å²) in [6, 6.07) is 9.46. The van der Waals surface area contributed by atoms with Gasteiger partial charge >= 0.3 is 0 Å². The number of nitrogen functional groups attached to an aromatic ring is 1. The minimum absolute atomic E-state index is 0.0752. The quantitative estimate of drug-likeness (QED) is 0.716. The number of carbonyl (C=O) groups is 1. The largest absolute Gasteiger partial charge is 0.397 e. The smallest absolute Gasteiger partial charge is 0.251 e. The van der Waals surface area contributed by atoms with Crippen LogP contribution >= 0.6 is 11.3 Å². The van der Waals surface area contributed by atoms with Crippen molar-refractivity contribution in [1.82, 2.24) is 5.32 Å². The van der Waals surface area contributed by atoms with Gasteiger partial charge in [-0.15, -0.1) is 11.3 Å².